The Labute approximate surface area is 185 Å². The van der Waals surface area contributed by atoms with Crippen LogP contribution in [0.2, 0.25) is 0 Å². The summed E-state index contributed by atoms with van der Waals surface area (Å²) in [6, 6.07) is 16.0. The third kappa shape index (κ3) is 5.70. The lowest BCUT2D eigenvalue weighted by Gasteiger charge is -2.26. The maximum Gasteiger partial charge on any atom is 0.318 e. The van der Waals surface area contributed by atoms with Crippen molar-refractivity contribution in [2.24, 2.45) is 0 Å². The highest BCUT2D eigenvalue weighted by molar-refractivity contribution is 5.77. The molecule has 2 heterocycles. The number of hydrogen-bond donors (Lipinski definition) is 1. The summed E-state index contributed by atoms with van der Waals surface area (Å²) in [5.41, 5.74) is 2.16. The van der Waals surface area contributed by atoms with Crippen molar-refractivity contribution < 1.29 is 14.3 Å². The van der Waals surface area contributed by atoms with Gasteiger partial charge in [0, 0.05) is 19.6 Å². The summed E-state index contributed by atoms with van der Waals surface area (Å²) in [6.45, 7) is 5.40. The van der Waals surface area contributed by atoms with E-state index in [4.69, 9.17) is 9.47 Å². The zero-order chi connectivity index (χ0) is 21.5. The number of carbonyl (C=O) groups excluding carboxylic acids is 1. The summed E-state index contributed by atoms with van der Waals surface area (Å²) in [6.07, 6.45) is 5.01. The lowest BCUT2D eigenvalue weighted by Crippen LogP contribution is -2.31. The Hall–Kier alpha value is -2.73. The van der Waals surface area contributed by atoms with Crippen molar-refractivity contribution in [3.63, 3.8) is 0 Å². The van der Waals surface area contributed by atoms with Crippen LogP contribution in [0.3, 0.4) is 0 Å². The van der Waals surface area contributed by atoms with Crippen LogP contribution in [0.4, 0.5) is 4.79 Å². The molecule has 6 nitrogen and oxygen atoms in total. The van der Waals surface area contributed by atoms with Crippen molar-refractivity contribution in [1.29, 1.82) is 0 Å². The summed E-state index contributed by atoms with van der Waals surface area (Å²) in [7, 11) is 1.66. The highest BCUT2D eigenvalue weighted by Crippen LogP contribution is 2.30. The fourth-order valence-electron chi connectivity index (χ4n) is 4.40. The lowest BCUT2D eigenvalue weighted by molar-refractivity contribution is 0.203. The summed E-state index contributed by atoms with van der Waals surface area (Å²) < 4.78 is 11.6. The zero-order valence-electron chi connectivity index (χ0n) is 18.4. The fourth-order valence-corrected chi connectivity index (χ4v) is 4.40. The molecule has 4 rings (SSSR count). The Morgan fingerprint density at radius 2 is 1.84 bits per heavy atom. The predicted molar refractivity (Wildman–Crippen MR) is 122 cm³/mol. The SMILES string of the molecule is COc1cc(CN2C[C@H](c3ccccc3)NC2=O)ccc1OCCCN1CCCCC1. The van der Waals surface area contributed by atoms with Gasteiger partial charge in [0.1, 0.15) is 0 Å². The number of amides is 2. The molecule has 2 aliphatic heterocycles. The number of ether oxygens (including phenoxy) is 2. The first kappa shape index (κ1) is 21.5. The van der Waals surface area contributed by atoms with Gasteiger partial charge in [-0.05, 0) is 55.6 Å². The van der Waals surface area contributed by atoms with E-state index in [0.717, 1.165) is 35.6 Å². The van der Waals surface area contributed by atoms with E-state index in [1.807, 2.05) is 41.3 Å². The molecule has 0 aromatic heterocycles. The number of carbonyl (C=O) groups is 1. The van der Waals surface area contributed by atoms with Gasteiger partial charge >= 0.3 is 6.03 Å². The van der Waals surface area contributed by atoms with Crippen LogP contribution in [0.25, 0.3) is 0 Å². The van der Waals surface area contributed by atoms with Crippen LogP contribution in [0.1, 0.15) is 42.9 Å². The first-order chi connectivity index (χ1) is 15.2. The van der Waals surface area contributed by atoms with Gasteiger partial charge in [-0.3, -0.25) is 0 Å². The number of methoxy groups -OCH3 is 1. The molecule has 0 radical (unpaired) electrons. The van der Waals surface area contributed by atoms with Crippen LogP contribution in [-0.2, 0) is 6.54 Å². The number of hydrogen-bond acceptors (Lipinski definition) is 4. The second kappa shape index (κ2) is 10.5. The van der Waals surface area contributed by atoms with Crippen LogP contribution >= 0.6 is 0 Å². The zero-order valence-corrected chi connectivity index (χ0v) is 18.4. The summed E-state index contributed by atoms with van der Waals surface area (Å²) in [5, 5.41) is 3.07. The van der Waals surface area contributed by atoms with Crippen LogP contribution in [0.5, 0.6) is 11.5 Å². The second-order valence-corrected chi connectivity index (χ2v) is 8.38. The molecule has 6 heteroatoms. The van der Waals surface area contributed by atoms with Gasteiger partial charge in [0.2, 0.25) is 0 Å². The van der Waals surface area contributed by atoms with E-state index >= 15 is 0 Å². The first-order valence-electron chi connectivity index (χ1n) is 11.4. The molecule has 1 N–H and O–H groups in total. The van der Waals surface area contributed by atoms with Gasteiger partial charge in [-0.15, -0.1) is 0 Å². The summed E-state index contributed by atoms with van der Waals surface area (Å²) in [4.78, 5) is 16.8. The van der Waals surface area contributed by atoms with Gasteiger partial charge in [0.15, 0.2) is 11.5 Å². The summed E-state index contributed by atoms with van der Waals surface area (Å²) in [5.74, 6) is 1.48. The highest BCUT2D eigenvalue weighted by atomic mass is 16.5. The molecule has 2 aromatic carbocycles. The fraction of sp³-hybridized carbons (Fsp3) is 0.480. The molecule has 166 valence electrons. The molecule has 2 amide bonds. The maximum atomic E-state index is 12.4. The molecule has 0 saturated carbocycles. The van der Waals surface area contributed by atoms with E-state index in [1.54, 1.807) is 7.11 Å². The van der Waals surface area contributed by atoms with Crippen LogP contribution in [0, 0.1) is 0 Å². The van der Waals surface area contributed by atoms with E-state index in [0.29, 0.717) is 19.7 Å². The molecule has 2 aliphatic rings. The van der Waals surface area contributed by atoms with E-state index in [-0.39, 0.29) is 12.1 Å². The van der Waals surface area contributed by atoms with Crippen molar-refractivity contribution in [1.82, 2.24) is 15.1 Å². The monoisotopic (exact) mass is 423 g/mol. The van der Waals surface area contributed by atoms with Crippen molar-refractivity contribution in [3.8, 4) is 11.5 Å². The van der Waals surface area contributed by atoms with Gasteiger partial charge in [-0.25, -0.2) is 4.79 Å². The number of nitrogens with zero attached hydrogens (tertiary/aromatic N) is 2. The van der Waals surface area contributed by atoms with Crippen molar-refractivity contribution in [2.75, 3.05) is 39.9 Å². The minimum atomic E-state index is -0.0362. The average Bonchev–Trinajstić information content (AvgIpc) is 3.18. The Morgan fingerprint density at radius 3 is 2.61 bits per heavy atom. The first-order valence-corrected chi connectivity index (χ1v) is 11.4. The molecule has 1 atom stereocenters. The Morgan fingerprint density at radius 1 is 1.03 bits per heavy atom. The Bertz CT molecular complexity index is 852. The number of urea groups is 1. The van der Waals surface area contributed by atoms with E-state index in [2.05, 4.69) is 22.3 Å². The molecule has 31 heavy (non-hydrogen) atoms. The normalized spacial score (nSPS) is 19.3. The molecular formula is C25H33N3O3. The van der Waals surface area contributed by atoms with Gasteiger partial charge in [-0.2, -0.15) is 0 Å². The minimum absolute atomic E-state index is 0.0260. The van der Waals surface area contributed by atoms with Crippen LogP contribution < -0.4 is 14.8 Å². The van der Waals surface area contributed by atoms with Gasteiger partial charge < -0.3 is 24.6 Å². The molecule has 0 bridgehead atoms. The number of likely N-dealkylation sites (tertiary alicyclic amines) is 1. The smallest absolute Gasteiger partial charge is 0.318 e. The molecule has 2 saturated heterocycles. The van der Waals surface area contributed by atoms with E-state index < -0.39 is 0 Å². The molecule has 2 fully saturated rings. The van der Waals surface area contributed by atoms with E-state index in [1.165, 1.54) is 32.4 Å². The Kier molecular flexibility index (Phi) is 7.30. The van der Waals surface area contributed by atoms with Crippen LogP contribution in [-0.4, -0.2) is 55.7 Å². The number of benzene rings is 2. The molecule has 2 aromatic rings. The Balaban J connectivity index is 1.30. The van der Waals surface area contributed by atoms with Gasteiger partial charge in [-0.1, -0.05) is 42.8 Å². The maximum absolute atomic E-state index is 12.4. The van der Waals surface area contributed by atoms with Crippen molar-refractivity contribution in [3.05, 3.63) is 59.7 Å². The third-order valence-electron chi connectivity index (χ3n) is 6.12. The lowest BCUT2D eigenvalue weighted by atomic mass is 10.1. The van der Waals surface area contributed by atoms with E-state index in [9.17, 15) is 4.79 Å². The van der Waals surface area contributed by atoms with Crippen LogP contribution in [0.15, 0.2) is 48.5 Å². The third-order valence-corrected chi connectivity index (χ3v) is 6.12. The minimum Gasteiger partial charge on any atom is -0.493 e. The molecule has 0 spiro atoms. The van der Waals surface area contributed by atoms with Gasteiger partial charge in [0.05, 0.1) is 19.8 Å². The van der Waals surface area contributed by atoms with Crippen molar-refractivity contribution in [2.45, 2.75) is 38.3 Å². The summed E-state index contributed by atoms with van der Waals surface area (Å²) >= 11 is 0. The predicted octanol–water partition coefficient (Wildman–Crippen LogP) is 4.22. The van der Waals surface area contributed by atoms with Crippen molar-refractivity contribution >= 4 is 6.03 Å². The topological polar surface area (TPSA) is 54.0 Å². The molecule has 0 unspecified atom stereocenters. The number of piperidine rings is 1. The number of nitrogens with one attached hydrogen (secondary N) is 1. The highest BCUT2D eigenvalue weighted by Gasteiger charge is 2.29. The quantitative estimate of drug-likeness (QED) is 0.614. The second-order valence-electron chi connectivity index (χ2n) is 8.38. The molecule has 0 aliphatic carbocycles. The number of rotatable bonds is 9. The average molecular weight is 424 g/mol. The largest absolute Gasteiger partial charge is 0.493 e. The standard InChI is InChI=1S/C25H33N3O3/c1-30-24-17-20(11-12-23(24)31-16-8-15-27-13-6-3-7-14-27)18-28-19-22(26-25(28)29)21-9-4-2-5-10-21/h2,4-5,9-12,17,22H,3,6-8,13-16,18-19H2,1H3,(H,26,29)/t22-/m1/s1. The molecular weight excluding hydrogens is 390 g/mol. The van der Waals surface area contributed by atoms with Gasteiger partial charge in [0.25, 0.3) is 0 Å².